The monoisotopic (exact) mass is 478 g/mol. The van der Waals surface area contributed by atoms with E-state index >= 15 is 0 Å². The van der Waals surface area contributed by atoms with E-state index in [9.17, 15) is 9.59 Å². The fourth-order valence-electron chi connectivity index (χ4n) is 3.93. The van der Waals surface area contributed by atoms with Crippen molar-refractivity contribution in [1.82, 2.24) is 4.57 Å². The number of ether oxygens (including phenoxy) is 3. The van der Waals surface area contributed by atoms with Crippen LogP contribution in [-0.4, -0.2) is 31.4 Å². The average molecular weight is 479 g/mol. The van der Waals surface area contributed by atoms with Gasteiger partial charge in [-0.15, -0.1) is 0 Å². The first-order valence-electron chi connectivity index (χ1n) is 10.9. The van der Waals surface area contributed by atoms with Gasteiger partial charge in [-0.1, -0.05) is 41.2 Å². The van der Waals surface area contributed by atoms with Gasteiger partial charge in [-0.3, -0.25) is 9.36 Å². The van der Waals surface area contributed by atoms with Gasteiger partial charge < -0.3 is 14.2 Å². The maximum Gasteiger partial charge on any atom is 0.338 e. The van der Waals surface area contributed by atoms with Crippen LogP contribution in [0.4, 0.5) is 0 Å². The summed E-state index contributed by atoms with van der Waals surface area (Å²) in [5, 5.41) is 0. The zero-order valence-electron chi connectivity index (χ0n) is 19.7. The Kier molecular flexibility index (Phi) is 6.70. The Morgan fingerprint density at radius 2 is 1.85 bits per heavy atom. The van der Waals surface area contributed by atoms with Gasteiger partial charge >= 0.3 is 5.97 Å². The molecule has 0 amide bonds. The molecule has 0 saturated carbocycles. The third-order valence-corrected chi connectivity index (χ3v) is 6.62. The molecular weight excluding hydrogens is 452 g/mol. The smallest absolute Gasteiger partial charge is 0.338 e. The van der Waals surface area contributed by atoms with Crippen molar-refractivity contribution in [1.29, 1.82) is 0 Å². The summed E-state index contributed by atoms with van der Waals surface area (Å²) >= 11 is 1.27. The molecular formula is C26H26N2O5S. The summed E-state index contributed by atoms with van der Waals surface area (Å²) in [4.78, 5) is 31.7. The first-order chi connectivity index (χ1) is 16.4. The van der Waals surface area contributed by atoms with Gasteiger partial charge in [-0.2, -0.15) is 0 Å². The van der Waals surface area contributed by atoms with Crippen molar-refractivity contribution in [3.63, 3.8) is 0 Å². The first-order valence-corrected chi connectivity index (χ1v) is 11.7. The topological polar surface area (TPSA) is 79.1 Å². The van der Waals surface area contributed by atoms with E-state index in [4.69, 9.17) is 14.2 Å². The molecule has 1 aliphatic rings. The van der Waals surface area contributed by atoms with Crippen LogP contribution in [0.1, 0.15) is 36.6 Å². The lowest BCUT2D eigenvalue weighted by molar-refractivity contribution is -0.139. The summed E-state index contributed by atoms with van der Waals surface area (Å²) in [6.45, 7) is 5.76. The molecule has 0 bridgehead atoms. The van der Waals surface area contributed by atoms with Gasteiger partial charge in [-0.05, 0) is 44.5 Å². The van der Waals surface area contributed by atoms with Crippen LogP contribution in [0.15, 0.2) is 63.5 Å². The van der Waals surface area contributed by atoms with Gasteiger partial charge in [0.05, 0.1) is 42.7 Å². The number of carbonyl (C=O) groups excluding carboxylic acids is 1. The van der Waals surface area contributed by atoms with Gasteiger partial charge in [0.2, 0.25) is 0 Å². The summed E-state index contributed by atoms with van der Waals surface area (Å²) in [6.07, 6.45) is 1.78. The minimum absolute atomic E-state index is 0.234. The van der Waals surface area contributed by atoms with E-state index in [2.05, 4.69) is 4.99 Å². The van der Waals surface area contributed by atoms with Crippen molar-refractivity contribution >= 4 is 23.4 Å². The van der Waals surface area contributed by atoms with Gasteiger partial charge in [0.1, 0.15) is 11.5 Å². The molecule has 34 heavy (non-hydrogen) atoms. The average Bonchev–Trinajstić information content (AvgIpc) is 3.13. The second-order valence-corrected chi connectivity index (χ2v) is 8.83. The molecule has 0 saturated heterocycles. The van der Waals surface area contributed by atoms with Crippen LogP contribution in [0.25, 0.3) is 6.08 Å². The molecule has 0 unspecified atom stereocenters. The zero-order valence-corrected chi connectivity index (χ0v) is 20.6. The largest absolute Gasteiger partial charge is 0.497 e. The second-order valence-electron chi connectivity index (χ2n) is 7.82. The molecule has 3 aromatic rings. The highest BCUT2D eigenvalue weighted by Crippen LogP contribution is 2.31. The minimum Gasteiger partial charge on any atom is -0.497 e. The number of hydrogen-bond acceptors (Lipinski definition) is 7. The third-order valence-electron chi connectivity index (χ3n) is 5.64. The van der Waals surface area contributed by atoms with Crippen molar-refractivity contribution in [3.8, 4) is 11.5 Å². The van der Waals surface area contributed by atoms with Crippen molar-refractivity contribution in [2.24, 2.45) is 4.99 Å². The van der Waals surface area contributed by atoms with Crippen LogP contribution in [-0.2, 0) is 9.53 Å². The van der Waals surface area contributed by atoms with E-state index in [-0.39, 0.29) is 12.2 Å². The molecule has 4 rings (SSSR count). The summed E-state index contributed by atoms with van der Waals surface area (Å²) in [5.41, 5.74) is 3.31. The Morgan fingerprint density at radius 3 is 2.50 bits per heavy atom. The molecule has 0 aliphatic carbocycles. The Hall–Kier alpha value is -3.65. The van der Waals surface area contributed by atoms with E-state index in [1.807, 2.05) is 43.3 Å². The number of esters is 1. The van der Waals surface area contributed by atoms with Crippen LogP contribution in [0.5, 0.6) is 11.5 Å². The summed E-state index contributed by atoms with van der Waals surface area (Å²) in [6, 6.07) is 12.6. The second kappa shape index (κ2) is 9.69. The standard InChI is InChI=1S/C26H26N2O5S/c1-6-33-25(30)22-16(3)27-26-28(23(22)17-9-7-15(2)8-10-17)24(29)21(34-26)13-18-11-12-19(31-4)14-20(18)32-5/h7-14,23H,6H2,1-5H3/b21-13-/t23-/m1/s1. The molecule has 0 radical (unpaired) electrons. The number of allylic oxidation sites excluding steroid dienone is 1. The molecule has 1 aromatic heterocycles. The van der Waals surface area contributed by atoms with E-state index in [1.54, 1.807) is 44.8 Å². The van der Waals surface area contributed by atoms with E-state index in [1.165, 1.54) is 11.3 Å². The fourth-order valence-corrected chi connectivity index (χ4v) is 4.97. The maximum absolute atomic E-state index is 13.7. The number of fused-ring (bicyclic) bond motifs is 1. The number of hydrogen-bond donors (Lipinski definition) is 0. The summed E-state index contributed by atoms with van der Waals surface area (Å²) in [5.74, 6) is 0.772. The van der Waals surface area contributed by atoms with E-state index in [0.29, 0.717) is 32.1 Å². The number of aryl methyl sites for hydroxylation is 1. The number of methoxy groups -OCH3 is 2. The molecule has 0 fully saturated rings. The summed E-state index contributed by atoms with van der Waals surface area (Å²) < 4.78 is 18.2. The molecule has 1 aliphatic heterocycles. The third kappa shape index (κ3) is 4.28. The maximum atomic E-state index is 13.7. The predicted molar refractivity (Wildman–Crippen MR) is 131 cm³/mol. The number of nitrogens with zero attached hydrogens (tertiary/aromatic N) is 2. The van der Waals surface area contributed by atoms with Gasteiger partial charge in [0, 0.05) is 11.6 Å². The Balaban J connectivity index is 1.94. The Bertz CT molecular complexity index is 1450. The summed E-state index contributed by atoms with van der Waals surface area (Å²) in [7, 11) is 3.15. The van der Waals surface area contributed by atoms with Crippen LogP contribution in [0.2, 0.25) is 0 Å². The highest BCUT2D eigenvalue weighted by Gasteiger charge is 2.33. The highest BCUT2D eigenvalue weighted by molar-refractivity contribution is 7.07. The van der Waals surface area contributed by atoms with Crippen molar-refractivity contribution in [3.05, 3.63) is 90.1 Å². The number of thiazole rings is 1. The van der Waals surface area contributed by atoms with E-state index in [0.717, 1.165) is 16.7 Å². The number of rotatable bonds is 6. The minimum atomic E-state index is -0.629. The first kappa shape index (κ1) is 23.5. The molecule has 2 heterocycles. The molecule has 7 nitrogen and oxygen atoms in total. The molecule has 0 N–H and O–H groups in total. The lowest BCUT2D eigenvalue weighted by Gasteiger charge is -2.24. The van der Waals surface area contributed by atoms with Crippen molar-refractivity contribution < 1.29 is 19.0 Å². The zero-order chi connectivity index (χ0) is 24.4. The molecule has 1 atom stereocenters. The van der Waals surface area contributed by atoms with Crippen LogP contribution < -0.4 is 24.4 Å². The van der Waals surface area contributed by atoms with Crippen molar-refractivity contribution in [2.75, 3.05) is 20.8 Å². The van der Waals surface area contributed by atoms with Crippen LogP contribution >= 0.6 is 11.3 Å². The van der Waals surface area contributed by atoms with E-state index < -0.39 is 12.0 Å². The lowest BCUT2D eigenvalue weighted by Crippen LogP contribution is -2.39. The molecule has 0 spiro atoms. The highest BCUT2D eigenvalue weighted by atomic mass is 32.1. The molecule has 176 valence electrons. The van der Waals surface area contributed by atoms with Gasteiger partial charge in [-0.25, -0.2) is 9.79 Å². The normalized spacial score (nSPS) is 15.6. The number of benzene rings is 2. The fraction of sp³-hybridized carbons (Fsp3) is 0.269. The van der Waals surface area contributed by atoms with Gasteiger partial charge in [0.15, 0.2) is 4.80 Å². The Morgan fingerprint density at radius 1 is 1.12 bits per heavy atom. The Labute approximate surface area is 201 Å². The predicted octanol–water partition coefficient (Wildman–Crippen LogP) is 3.12. The SMILES string of the molecule is CCOC(=O)C1=C(C)N=c2s/c(=C\c3ccc(OC)cc3OC)c(=O)n2[C@@H]1c1ccc(C)cc1. The number of aromatic nitrogens is 1. The van der Waals surface area contributed by atoms with Crippen LogP contribution in [0.3, 0.4) is 0 Å². The van der Waals surface area contributed by atoms with Crippen LogP contribution in [0, 0.1) is 6.92 Å². The van der Waals surface area contributed by atoms with Crippen molar-refractivity contribution in [2.45, 2.75) is 26.8 Å². The molecule has 8 heteroatoms. The number of carbonyl (C=O) groups is 1. The van der Waals surface area contributed by atoms with Gasteiger partial charge in [0.25, 0.3) is 5.56 Å². The quantitative estimate of drug-likeness (QED) is 0.509. The molecule has 2 aromatic carbocycles. The lowest BCUT2D eigenvalue weighted by atomic mass is 9.95.